The molecule has 2 aromatic rings. The van der Waals surface area contributed by atoms with Gasteiger partial charge in [0, 0.05) is 43.7 Å². The van der Waals surface area contributed by atoms with Crippen LogP contribution >= 0.6 is 11.6 Å². The van der Waals surface area contributed by atoms with Crippen molar-refractivity contribution in [2.45, 2.75) is 71.1 Å². The summed E-state index contributed by atoms with van der Waals surface area (Å²) >= 11 is 6.47. The monoisotopic (exact) mass is 569 g/mol. The molecule has 2 aliphatic heterocycles. The van der Waals surface area contributed by atoms with Crippen LogP contribution in [0.1, 0.15) is 75.0 Å². The Balaban J connectivity index is 1.54. The molecule has 1 aromatic heterocycles. The van der Waals surface area contributed by atoms with Crippen molar-refractivity contribution < 1.29 is 32.2 Å². The zero-order valence-corrected chi connectivity index (χ0v) is 23.0. The lowest BCUT2D eigenvalue weighted by molar-refractivity contribution is -0.128. The van der Waals surface area contributed by atoms with E-state index in [0.717, 1.165) is 23.6 Å². The van der Waals surface area contributed by atoms with E-state index in [2.05, 4.69) is 10.3 Å². The van der Waals surface area contributed by atoms with Crippen molar-refractivity contribution in [3.63, 3.8) is 0 Å². The minimum atomic E-state index is -2.86. The highest BCUT2D eigenvalue weighted by atomic mass is 35.5. The fraction of sp³-hybridized carbons (Fsp3) is 0.615. The molecule has 1 spiro atoms. The third-order valence-electron chi connectivity index (χ3n) is 7.53. The molecule has 212 valence electrons. The first-order chi connectivity index (χ1) is 18.3. The number of nitrogens with zero attached hydrogens (tertiary/aromatic N) is 5. The fourth-order valence-electron chi connectivity index (χ4n) is 5.47. The second-order valence-corrected chi connectivity index (χ2v) is 12.0. The maximum atomic E-state index is 15.5. The number of rotatable bonds is 6. The van der Waals surface area contributed by atoms with Crippen molar-refractivity contribution in [3.05, 3.63) is 39.4 Å². The highest BCUT2D eigenvalue weighted by molar-refractivity contribution is 6.31. The number of ether oxygens (including phenoxy) is 2. The number of aryl methyl sites for hydroxylation is 1. The second kappa shape index (κ2) is 9.87. The van der Waals surface area contributed by atoms with Gasteiger partial charge in [-0.1, -0.05) is 16.8 Å². The maximum absolute atomic E-state index is 15.5. The van der Waals surface area contributed by atoms with Gasteiger partial charge < -0.3 is 14.4 Å². The van der Waals surface area contributed by atoms with Crippen LogP contribution in [0, 0.1) is 11.2 Å². The highest BCUT2D eigenvalue weighted by Gasteiger charge is 2.52. The van der Waals surface area contributed by atoms with E-state index < -0.39 is 42.3 Å². The molecule has 1 saturated heterocycles. The molecule has 0 unspecified atom stereocenters. The summed E-state index contributed by atoms with van der Waals surface area (Å²) in [5.74, 6) is -1.08. The SMILES string of the molecule is Cn1nnc(COc2c(F)cc(Cl)c3c2[C@@H](CN2CC4(CC4)CC2=O)N(C(=O)OC(C)(C)C)CC3)c1C(F)F. The Bertz CT molecular complexity index is 1310. The zero-order chi connectivity index (χ0) is 28.3. The van der Waals surface area contributed by atoms with Gasteiger partial charge in [0.05, 0.1) is 6.04 Å². The number of hydrogen-bond acceptors (Lipinski definition) is 6. The number of halogens is 4. The van der Waals surface area contributed by atoms with Crippen molar-refractivity contribution in [1.29, 1.82) is 0 Å². The van der Waals surface area contributed by atoms with Crippen LogP contribution in [0.3, 0.4) is 0 Å². The third kappa shape index (κ3) is 5.39. The first-order valence-electron chi connectivity index (χ1n) is 12.9. The molecule has 3 aliphatic rings. The van der Waals surface area contributed by atoms with Crippen LogP contribution in [0.15, 0.2) is 6.07 Å². The van der Waals surface area contributed by atoms with E-state index >= 15 is 4.39 Å². The van der Waals surface area contributed by atoms with E-state index in [1.807, 2.05) is 0 Å². The lowest BCUT2D eigenvalue weighted by atomic mass is 9.91. The number of alkyl halides is 2. The van der Waals surface area contributed by atoms with Gasteiger partial charge in [0.25, 0.3) is 6.43 Å². The van der Waals surface area contributed by atoms with E-state index in [0.29, 0.717) is 24.1 Å². The number of hydrogen-bond donors (Lipinski definition) is 0. The van der Waals surface area contributed by atoms with Gasteiger partial charge >= 0.3 is 6.09 Å². The molecule has 1 atom stereocenters. The van der Waals surface area contributed by atoms with Crippen LogP contribution in [0.25, 0.3) is 0 Å². The van der Waals surface area contributed by atoms with Gasteiger partial charge in [-0.2, -0.15) is 0 Å². The Labute approximate surface area is 229 Å². The first kappa shape index (κ1) is 27.5. The van der Waals surface area contributed by atoms with E-state index in [-0.39, 0.29) is 47.3 Å². The van der Waals surface area contributed by atoms with Crippen molar-refractivity contribution in [1.82, 2.24) is 24.8 Å². The molecular formula is C26H31ClF3N5O4. The molecule has 1 aliphatic carbocycles. The molecule has 13 heteroatoms. The summed E-state index contributed by atoms with van der Waals surface area (Å²) in [5.41, 5.74) is -0.537. The zero-order valence-electron chi connectivity index (χ0n) is 22.3. The average molecular weight is 570 g/mol. The van der Waals surface area contributed by atoms with Gasteiger partial charge in [0.15, 0.2) is 11.6 Å². The Morgan fingerprint density at radius 1 is 1.31 bits per heavy atom. The summed E-state index contributed by atoms with van der Waals surface area (Å²) in [7, 11) is 1.33. The quantitative estimate of drug-likeness (QED) is 0.488. The second-order valence-electron chi connectivity index (χ2n) is 11.6. The lowest BCUT2D eigenvalue weighted by Gasteiger charge is -2.40. The predicted molar refractivity (Wildman–Crippen MR) is 134 cm³/mol. The number of likely N-dealkylation sites (tertiary alicyclic amines) is 1. The van der Waals surface area contributed by atoms with Crippen molar-refractivity contribution in [2.24, 2.45) is 12.5 Å². The molecule has 0 bridgehead atoms. The number of benzene rings is 1. The topological polar surface area (TPSA) is 89.8 Å². The molecule has 9 nitrogen and oxygen atoms in total. The van der Waals surface area contributed by atoms with Crippen LogP contribution in [0.2, 0.25) is 5.02 Å². The van der Waals surface area contributed by atoms with Gasteiger partial charge in [-0.05, 0) is 57.1 Å². The van der Waals surface area contributed by atoms with Crippen LogP contribution in [0.5, 0.6) is 5.75 Å². The van der Waals surface area contributed by atoms with Crippen LogP contribution in [-0.2, 0) is 29.6 Å². The van der Waals surface area contributed by atoms with Gasteiger partial charge in [-0.3, -0.25) is 9.69 Å². The summed E-state index contributed by atoms with van der Waals surface area (Å²) in [6.45, 7) is 5.61. The Hall–Kier alpha value is -3.02. The van der Waals surface area contributed by atoms with Gasteiger partial charge in [0.1, 0.15) is 23.6 Å². The average Bonchev–Trinajstić information content (AvgIpc) is 3.35. The number of amides is 2. The molecular weight excluding hydrogens is 539 g/mol. The summed E-state index contributed by atoms with van der Waals surface area (Å²) in [6.07, 6.45) is -0.830. The Morgan fingerprint density at radius 2 is 2.03 bits per heavy atom. The summed E-state index contributed by atoms with van der Waals surface area (Å²) in [4.78, 5) is 29.4. The van der Waals surface area contributed by atoms with Crippen LogP contribution in [0.4, 0.5) is 18.0 Å². The Morgan fingerprint density at radius 3 is 2.64 bits per heavy atom. The van der Waals surface area contributed by atoms with E-state index in [4.69, 9.17) is 21.1 Å². The van der Waals surface area contributed by atoms with E-state index in [1.165, 1.54) is 11.9 Å². The minimum Gasteiger partial charge on any atom is -0.484 e. The first-order valence-corrected chi connectivity index (χ1v) is 13.2. The molecule has 0 radical (unpaired) electrons. The number of carbonyl (C=O) groups is 2. The van der Waals surface area contributed by atoms with Gasteiger partial charge in [0.2, 0.25) is 5.91 Å². The normalized spacial score (nSPS) is 20.1. The van der Waals surface area contributed by atoms with Crippen molar-refractivity contribution >= 4 is 23.6 Å². The molecule has 1 aromatic carbocycles. The largest absolute Gasteiger partial charge is 0.484 e. The fourth-order valence-corrected chi connectivity index (χ4v) is 5.76. The summed E-state index contributed by atoms with van der Waals surface area (Å²) in [6, 6.07) is 0.280. The van der Waals surface area contributed by atoms with E-state index in [9.17, 15) is 18.4 Å². The van der Waals surface area contributed by atoms with Crippen LogP contribution in [-0.4, -0.2) is 62.0 Å². The van der Waals surface area contributed by atoms with E-state index in [1.54, 1.807) is 25.7 Å². The maximum Gasteiger partial charge on any atom is 0.410 e. The molecule has 5 rings (SSSR count). The minimum absolute atomic E-state index is 0.0259. The number of carbonyl (C=O) groups excluding carboxylic acids is 2. The smallest absolute Gasteiger partial charge is 0.410 e. The third-order valence-corrected chi connectivity index (χ3v) is 7.87. The van der Waals surface area contributed by atoms with Gasteiger partial charge in [-0.15, -0.1) is 5.10 Å². The number of aromatic nitrogens is 3. The molecule has 2 fully saturated rings. The van der Waals surface area contributed by atoms with Gasteiger partial charge in [-0.25, -0.2) is 22.6 Å². The lowest BCUT2D eigenvalue weighted by Crippen LogP contribution is -2.47. The highest BCUT2D eigenvalue weighted by Crippen LogP contribution is 2.54. The number of fused-ring (bicyclic) bond motifs is 1. The molecule has 39 heavy (non-hydrogen) atoms. The molecule has 3 heterocycles. The predicted octanol–water partition coefficient (Wildman–Crippen LogP) is 4.97. The molecule has 1 saturated carbocycles. The van der Waals surface area contributed by atoms with Crippen LogP contribution < -0.4 is 4.74 Å². The summed E-state index contributed by atoms with van der Waals surface area (Å²) in [5, 5.41) is 7.54. The van der Waals surface area contributed by atoms with Crippen molar-refractivity contribution in [2.75, 3.05) is 19.6 Å². The summed E-state index contributed by atoms with van der Waals surface area (Å²) < 4.78 is 55.1. The standard InChI is InChI=1S/C26H31ClF3N5O4/c1-25(2,3)39-24(37)35-8-5-14-15(27)9-16(28)22(38-12-17-21(23(29)30)33(4)32-31-17)20(14)18(35)11-34-13-26(6-7-26)10-19(34)36/h9,18,23H,5-8,10-13H2,1-4H3/t18-/m1/s1. The molecule has 2 amide bonds. The van der Waals surface area contributed by atoms with Crippen molar-refractivity contribution in [3.8, 4) is 5.75 Å². The molecule has 0 N–H and O–H groups in total. The Kier molecular flexibility index (Phi) is 6.97.